The molecule has 1 aliphatic heterocycles. The lowest BCUT2D eigenvalue weighted by molar-refractivity contribution is 0.0764. The maximum Gasteiger partial charge on any atom is 0.185 e. The Morgan fingerprint density at radius 3 is 3.00 bits per heavy atom. The Kier molecular flexibility index (Phi) is 2.89. The summed E-state index contributed by atoms with van der Waals surface area (Å²) in [5.41, 5.74) is 1.08. The minimum atomic E-state index is -0.316. The standard InChI is InChI=1S/C10H13N3OS/c1-7-8(2)15-10(12-7)13-3-4-14-9(5-11)6-13/h9H,3-4,6H2,1-2H3. The third kappa shape index (κ3) is 2.11. The second-order valence-corrected chi connectivity index (χ2v) is 4.75. The maximum atomic E-state index is 8.80. The van der Waals surface area contributed by atoms with Crippen LogP contribution < -0.4 is 4.90 Å². The number of ether oxygens (including phenoxy) is 1. The van der Waals surface area contributed by atoms with Crippen LogP contribution in [0.5, 0.6) is 0 Å². The van der Waals surface area contributed by atoms with Crippen LogP contribution in [-0.2, 0) is 4.74 Å². The van der Waals surface area contributed by atoms with E-state index >= 15 is 0 Å². The van der Waals surface area contributed by atoms with E-state index in [9.17, 15) is 0 Å². The molecule has 1 atom stereocenters. The van der Waals surface area contributed by atoms with Crippen molar-refractivity contribution in [1.29, 1.82) is 5.26 Å². The molecule has 1 unspecified atom stereocenters. The van der Waals surface area contributed by atoms with Crippen molar-refractivity contribution in [2.75, 3.05) is 24.6 Å². The first-order valence-corrected chi connectivity index (χ1v) is 5.72. The molecule has 0 amide bonds. The monoisotopic (exact) mass is 223 g/mol. The van der Waals surface area contributed by atoms with Gasteiger partial charge in [-0.3, -0.25) is 0 Å². The fourth-order valence-electron chi connectivity index (χ4n) is 1.49. The minimum Gasteiger partial charge on any atom is -0.360 e. The molecule has 1 aromatic rings. The topological polar surface area (TPSA) is 49.2 Å². The summed E-state index contributed by atoms with van der Waals surface area (Å²) in [6.07, 6.45) is -0.316. The van der Waals surface area contributed by atoms with Gasteiger partial charge in [0.15, 0.2) is 11.2 Å². The Hall–Kier alpha value is -1.12. The zero-order chi connectivity index (χ0) is 10.8. The van der Waals surface area contributed by atoms with E-state index in [2.05, 4.69) is 22.9 Å². The lowest BCUT2D eigenvalue weighted by Gasteiger charge is -2.29. The van der Waals surface area contributed by atoms with Gasteiger partial charge < -0.3 is 9.64 Å². The Labute approximate surface area is 93.1 Å². The number of morpholine rings is 1. The number of hydrogen-bond acceptors (Lipinski definition) is 5. The second kappa shape index (κ2) is 4.17. The highest BCUT2D eigenvalue weighted by Gasteiger charge is 2.22. The summed E-state index contributed by atoms with van der Waals surface area (Å²) >= 11 is 1.68. The summed E-state index contributed by atoms with van der Waals surface area (Å²) < 4.78 is 5.29. The molecule has 2 rings (SSSR count). The first-order valence-electron chi connectivity index (χ1n) is 4.91. The normalized spacial score (nSPS) is 21.4. The van der Waals surface area contributed by atoms with E-state index in [0.29, 0.717) is 13.2 Å². The molecule has 4 nitrogen and oxygen atoms in total. The third-order valence-corrected chi connectivity index (χ3v) is 3.63. The van der Waals surface area contributed by atoms with Crippen LogP contribution in [0.1, 0.15) is 10.6 Å². The summed E-state index contributed by atoms with van der Waals surface area (Å²) in [6.45, 7) is 6.14. The highest BCUT2D eigenvalue weighted by molar-refractivity contribution is 7.15. The highest BCUT2D eigenvalue weighted by atomic mass is 32.1. The van der Waals surface area contributed by atoms with Gasteiger partial charge in [0.1, 0.15) is 0 Å². The highest BCUT2D eigenvalue weighted by Crippen LogP contribution is 2.26. The van der Waals surface area contributed by atoms with Crippen LogP contribution in [0.3, 0.4) is 0 Å². The van der Waals surface area contributed by atoms with Crippen molar-refractivity contribution in [1.82, 2.24) is 4.98 Å². The van der Waals surface area contributed by atoms with Crippen LogP contribution in [0.15, 0.2) is 0 Å². The van der Waals surface area contributed by atoms with Crippen LogP contribution in [-0.4, -0.2) is 30.8 Å². The molecule has 2 heterocycles. The van der Waals surface area contributed by atoms with Gasteiger partial charge in [0.25, 0.3) is 0 Å². The van der Waals surface area contributed by atoms with Gasteiger partial charge in [0.05, 0.1) is 24.9 Å². The molecule has 1 aliphatic rings. The first kappa shape index (κ1) is 10.4. The molecule has 15 heavy (non-hydrogen) atoms. The Balaban J connectivity index is 2.14. The van der Waals surface area contributed by atoms with E-state index in [4.69, 9.17) is 10.00 Å². The van der Waals surface area contributed by atoms with Crippen molar-refractivity contribution in [2.45, 2.75) is 20.0 Å². The van der Waals surface area contributed by atoms with Gasteiger partial charge in [-0.15, -0.1) is 11.3 Å². The van der Waals surface area contributed by atoms with E-state index in [1.165, 1.54) is 4.88 Å². The fourth-order valence-corrected chi connectivity index (χ4v) is 2.44. The number of aromatic nitrogens is 1. The van der Waals surface area contributed by atoms with Crippen LogP contribution in [0.4, 0.5) is 5.13 Å². The van der Waals surface area contributed by atoms with E-state index in [-0.39, 0.29) is 6.10 Å². The Bertz CT molecular complexity index is 376. The molecule has 0 spiro atoms. The average Bonchev–Trinajstić information content (AvgIpc) is 2.59. The van der Waals surface area contributed by atoms with Gasteiger partial charge in [-0.05, 0) is 13.8 Å². The zero-order valence-electron chi connectivity index (χ0n) is 8.86. The molecule has 80 valence electrons. The lowest BCUT2D eigenvalue weighted by atomic mass is 10.3. The van der Waals surface area contributed by atoms with Crippen molar-refractivity contribution in [3.8, 4) is 6.07 Å². The summed E-state index contributed by atoms with van der Waals surface area (Å²) in [4.78, 5) is 7.85. The van der Waals surface area contributed by atoms with Crippen LogP contribution in [0.2, 0.25) is 0 Å². The molecule has 0 N–H and O–H groups in total. The fraction of sp³-hybridized carbons (Fsp3) is 0.600. The molecule has 0 aliphatic carbocycles. The van der Waals surface area contributed by atoms with Crippen molar-refractivity contribution in [3.63, 3.8) is 0 Å². The van der Waals surface area contributed by atoms with Crippen molar-refractivity contribution >= 4 is 16.5 Å². The van der Waals surface area contributed by atoms with Crippen molar-refractivity contribution in [2.24, 2.45) is 0 Å². The van der Waals surface area contributed by atoms with Gasteiger partial charge in [-0.2, -0.15) is 5.26 Å². The summed E-state index contributed by atoms with van der Waals surface area (Å²) in [6, 6.07) is 2.14. The SMILES string of the molecule is Cc1nc(N2CCOC(C#N)C2)sc1C. The molecule has 1 fully saturated rings. The van der Waals surface area contributed by atoms with Crippen molar-refractivity contribution in [3.05, 3.63) is 10.6 Å². The quantitative estimate of drug-likeness (QED) is 0.723. The molecular weight excluding hydrogens is 210 g/mol. The predicted molar refractivity (Wildman–Crippen MR) is 59.2 cm³/mol. The number of hydrogen-bond donors (Lipinski definition) is 0. The first-order chi connectivity index (χ1) is 7.20. The molecule has 0 aromatic carbocycles. The number of nitrogens with zero attached hydrogens (tertiary/aromatic N) is 3. The van der Waals surface area contributed by atoms with Gasteiger partial charge >= 0.3 is 0 Å². The number of rotatable bonds is 1. The molecule has 5 heteroatoms. The molecule has 0 saturated carbocycles. The molecule has 0 radical (unpaired) electrons. The smallest absolute Gasteiger partial charge is 0.185 e. The van der Waals surface area contributed by atoms with Crippen LogP contribution in [0, 0.1) is 25.2 Å². The average molecular weight is 223 g/mol. The van der Waals surface area contributed by atoms with Crippen LogP contribution >= 0.6 is 11.3 Å². The van der Waals surface area contributed by atoms with Gasteiger partial charge in [-0.25, -0.2) is 4.98 Å². The van der Waals surface area contributed by atoms with Crippen molar-refractivity contribution < 1.29 is 4.74 Å². The van der Waals surface area contributed by atoms with Crippen LogP contribution in [0.25, 0.3) is 0 Å². The largest absolute Gasteiger partial charge is 0.360 e. The summed E-state index contributed by atoms with van der Waals surface area (Å²) in [7, 11) is 0. The van der Waals surface area contributed by atoms with Gasteiger partial charge in [-0.1, -0.05) is 0 Å². The van der Waals surface area contributed by atoms with Gasteiger partial charge in [0.2, 0.25) is 0 Å². The third-order valence-electron chi connectivity index (χ3n) is 2.50. The molecule has 0 bridgehead atoms. The summed E-state index contributed by atoms with van der Waals surface area (Å²) in [5.74, 6) is 0. The summed E-state index contributed by atoms with van der Waals surface area (Å²) in [5, 5.41) is 9.80. The molecule has 1 saturated heterocycles. The van der Waals surface area contributed by atoms with Gasteiger partial charge in [0, 0.05) is 11.4 Å². The van der Waals surface area contributed by atoms with E-state index in [1.807, 2.05) is 6.92 Å². The predicted octanol–water partition coefficient (Wildman–Crippen LogP) is 1.49. The number of anilines is 1. The van der Waals surface area contributed by atoms with E-state index in [0.717, 1.165) is 17.4 Å². The molecule has 1 aromatic heterocycles. The number of aryl methyl sites for hydroxylation is 2. The van der Waals surface area contributed by atoms with E-state index in [1.54, 1.807) is 11.3 Å². The van der Waals surface area contributed by atoms with E-state index < -0.39 is 0 Å². The zero-order valence-corrected chi connectivity index (χ0v) is 9.67. The maximum absolute atomic E-state index is 8.80. The number of thiazole rings is 1. The molecular formula is C10H13N3OS. The number of nitriles is 1. The lowest BCUT2D eigenvalue weighted by Crippen LogP contribution is -2.41. The Morgan fingerprint density at radius 2 is 2.40 bits per heavy atom. The second-order valence-electron chi connectivity index (χ2n) is 3.57. The minimum absolute atomic E-state index is 0.316. The Morgan fingerprint density at radius 1 is 1.60 bits per heavy atom.